The van der Waals surface area contributed by atoms with Crippen LogP contribution in [0.2, 0.25) is 5.15 Å². The molecular formula is C72H69Br3ClN17O8. The maximum absolute atomic E-state index is 13.1. The maximum Gasteiger partial charge on any atom is 0.227 e. The van der Waals surface area contributed by atoms with Gasteiger partial charge in [-0.1, -0.05) is 29.8 Å². The number of fused-ring (bicyclic) bond motifs is 6. The molecule has 18 rings (SSSR count). The summed E-state index contributed by atoms with van der Waals surface area (Å²) >= 11 is 16.4. The summed E-state index contributed by atoms with van der Waals surface area (Å²) in [6.07, 6.45) is 7.18. The predicted molar refractivity (Wildman–Crippen MR) is 394 cm³/mol. The van der Waals surface area contributed by atoms with Gasteiger partial charge in [0.2, 0.25) is 11.8 Å². The molecule has 3 aromatic carbocycles. The Bertz CT molecular complexity index is 5160. The van der Waals surface area contributed by atoms with Gasteiger partial charge < -0.3 is 70.5 Å². The van der Waals surface area contributed by atoms with E-state index in [4.69, 9.17) is 23.1 Å². The van der Waals surface area contributed by atoms with Crippen LogP contribution in [0.15, 0.2) is 142 Å². The zero-order valence-corrected chi connectivity index (χ0v) is 60.3. The number of halogens is 4. The molecule has 12 heterocycles. The number of hydrogen-bond donors (Lipinski definition) is 8. The molecule has 9 aromatic heterocycles. The summed E-state index contributed by atoms with van der Waals surface area (Å²) in [6, 6.07) is 27.9. The molecule has 25 nitrogen and oxygen atoms in total. The van der Waals surface area contributed by atoms with Crippen molar-refractivity contribution < 1.29 is 40.2 Å². The summed E-state index contributed by atoms with van der Waals surface area (Å²) < 4.78 is 8.03. The Morgan fingerprint density at radius 1 is 0.465 bits per heavy atom. The molecule has 0 radical (unpaired) electrons. The number of aryl methyl sites for hydroxylation is 3. The fourth-order valence-corrected chi connectivity index (χ4v) is 18.0. The van der Waals surface area contributed by atoms with Crippen molar-refractivity contribution in [3.05, 3.63) is 164 Å². The molecule has 12 atom stereocenters. The van der Waals surface area contributed by atoms with E-state index in [1.54, 1.807) is 16.1 Å². The highest BCUT2D eigenvalue weighted by Crippen LogP contribution is 2.55. The van der Waals surface area contributed by atoms with Crippen molar-refractivity contribution in [3.8, 4) is 0 Å². The number of hydrogen-bond acceptors (Lipinski definition) is 20. The molecule has 0 unspecified atom stereocenters. The van der Waals surface area contributed by atoms with Crippen LogP contribution in [0, 0.1) is 37.0 Å². The first kappa shape index (κ1) is 67.1. The van der Waals surface area contributed by atoms with Crippen LogP contribution in [0.3, 0.4) is 0 Å². The van der Waals surface area contributed by atoms with Gasteiger partial charge in [-0.15, -0.1) is 0 Å². The largest absolute Gasteiger partial charge is 0.390 e. The Morgan fingerprint density at radius 2 is 0.832 bits per heavy atom. The van der Waals surface area contributed by atoms with Gasteiger partial charge >= 0.3 is 0 Å². The molecule has 2 amide bonds. The lowest BCUT2D eigenvalue weighted by Crippen LogP contribution is -2.38. The third-order valence-electron chi connectivity index (χ3n) is 22.3. The minimum Gasteiger partial charge on any atom is -0.390 e. The molecule has 3 saturated carbocycles. The van der Waals surface area contributed by atoms with E-state index in [9.17, 15) is 40.2 Å². The normalized spacial score (nSPS) is 27.1. The topological polar surface area (TPSA) is 348 Å². The first-order chi connectivity index (χ1) is 48.4. The van der Waals surface area contributed by atoms with Crippen molar-refractivity contribution in [2.45, 2.75) is 114 Å². The van der Waals surface area contributed by atoms with Gasteiger partial charge in [-0.25, -0.2) is 44.9 Å². The Balaban J connectivity index is 0.000000118. The van der Waals surface area contributed by atoms with Crippen LogP contribution < -0.4 is 26.2 Å². The number of carbonyl (C=O) groups excluding carboxylic acids is 2. The third-order valence-corrected chi connectivity index (χ3v) is 24.7. The maximum atomic E-state index is 13.1. The third kappa shape index (κ3) is 11.3. The van der Waals surface area contributed by atoms with E-state index in [0.29, 0.717) is 93.9 Å². The Hall–Kier alpha value is -8.42. The van der Waals surface area contributed by atoms with Crippen molar-refractivity contribution in [2.24, 2.45) is 16.2 Å². The van der Waals surface area contributed by atoms with Gasteiger partial charge in [-0.2, -0.15) is 0 Å². The van der Waals surface area contributed by atoms with E-state index < -0.39 is 59.5 Å². The summed E-state index contributed by atoms with van der Waals surface area (Å²) in [5.74, 6) is 0.661. The fourth-order valence-electron chi connectivity index (χ4n) is 16.9. The number of aliphatic hydroxyl groups is 6. The predicted octanol–water partition coefficient (Wildman–Crippen LogP) is 9.71. The van der Waals surface area contributed by atoms with E-state index in [0.717, 1.165) is 88.2 Å². The number of anilines is 5. The van der Waals surface area contributed by atoms with Crippen LogP contribution in [0.4, 0.5) is 28.7 Å². The fraction of sp³-hybridized carbons (Fsp3) is 0.347. The summed E-state index contributed by atoms with van der Waals surface area (Å²) in [6.45, 7) is 7.87. The molecule has 6 aliphatic rings. The molecule has 101 heavy (non-hydrogen) atoms. The van der Waals surface area contributed by atoms with Gasteiger partial charge in [0.05, 0.1) is 83.5 Å². The standard InChI is InChI=1S/C24H21BrClN5O3.C24H23BrN6O3.C24H25BrN6O2/c2*1-12-15-4-5-30(23(15)28-11-27-12)18-8-24(21(34)20(18)33)9-19(32)31(10-24)14-3-2-13-6-16(25)22(26)29-17(13)7-14;1-13-16-4-6-31(23(16)28-12-27-13)19-10-24(21(33)20(19)32)5-7-30(11-24)15-3-2-14-8-17(25)22(26)29-18(14)9-15/h2-7,11,18,20-21,33-34H,8-10H2,1H3;2-7,11,18,20-21,33-34H,8-10H2,1H3,(H2,26,29);2-4,6,8-9,12,19-21,32-33H,5,7,10-11H2,1H3,(H2,26,29)/t2*18-,20+,21+,24+;19-,20+,21+,24-/m111/s1. The van der Waals surface area contributed by atoms with Gasteiger partial charge in [0.1, 0.15) is 71.0 Å². The van der Waals surface area contributed by atoms with Crippen molar-refractivity contribution in [3.63, 3.8) is 0 Å². The number of aromatic nitrogens is 12. The summed E-state index contributed by atoms with van der Waals surface area (Å²) in [4.78, 5) is 71.2. The minimum absolute atomic E-state index is 0.0909. The molecule has 3 spiro atoms. The van der Waals surface area contributed by atoms with Crippen LogP contribution >= 0.6 is 59.4 Å². The van der Waals surface area contributed by atoms with Crippen LogP contribution in [0.1, 0.15) is 73.7 Å². The van der Waals surface area contributed by atoms with Crippen molar-refractivity contribution in [1.29, 1.82) is 0 Å². The Morgan fingerprint density at radius 3 is 1.26 bits per heavy atom. The first-order valence-electron chi connectivity index (χ1n) is 33.2. The number of aliphatic hydroxyl groups excluding tert-OH is 6. The van der Waals surface area contributed by atoms with E-state index in [1.807, 2.05) is 138 Å². The lowest BCUT2D eigenvalue weighted by atomic mass is 9.82. The molecular weight excluding hydrogens is 1510 g/mol. The highest BCUT2D eigenvalue weighted by atomic mass is 79.9. The average molecular weight is 1580 g/mol. The Kier molecular flexibility index (Phi) is 16.8. The highest BCUT2D eigenvalue weighted by molar-refractivity contribution is 9.11. The number of amides is 2. The SMILES string of the molecule is Cc1ncnc2c1ccn2[C@@H]1C[C@@]2(CC(=O)N(c3ccc4cc(Br)c(Cl)nc4c3)C2)[C@@H](O)[C@H]1O.Cc1ncnc2c1ccn2[C@@H]1C[C@@]2(CC(=O)N(c3ccc4cc(Br)c(N)nc4c3)C2)[C@@H](O)[C@H]1O.Cc1ncnc2c1ccn2[C@@H]1C[C@@]2(CCN(c3ccc4cc(Br)c(N)nc4c3)C2)[C@@H](O)[C@H]1O. The molecule has 12 aromatic rings. The molecule has 3 aliphatic heterocycles. The number of nitrogens with zero attached hydrogens (tertiary/aromatic N) is 15. The van der Waals surface area contributed by atoms with Crippen LogP contribution in [0.5, 0.6) is 0 Å². The van der Waals surface area contributed by atoms with Crippen LogP contribution in [-0.2, 0) is 9.59 Å². The zero-order valence-electron chi connectivity index (χ0n) is 54.8. The number of nitrogen functional groups attached to an aromatic ring is 2. The number of rotatable bonds is 6. The minimum atomic E-state index is -1.05. The summed E-state index contributed by atoms with van der Waals surface area (Å²) in [7, 11) is 0. The molecule has 3 aliphatic carbocycles. The highest BCUT2D eigenvalue weighted by Gasteiger charge is 2.61. The number of carbonyl (C=O) groups is 2. The van der Waals surface area contributed by atoms with E-state index in [1.165, 1.54) is 12.7 Å². The summed E-state index contributed by atoms with van der Waals surface area (Å²) in [5.41, 5.74) is 19.5. The number of nitrogens with two attached hydrogens (primary N) is 2. The van der Waals surface area contributed by atoms with Crippen molar-refractivity contribution in [1.82, 2.24) is 58.6 Å². The number of pyridine rings is 3. The smallest absolute Gasteiger partial charge is 0.227 e. The molecule has 29 heteroatoms. The Labute approximate surface area is 607 Å². The van der Waals surface area contributed by atoms with Gasteiger partial charge in [0.25, 0.3) is 0 Å². The second-order valence-corrected chi connectivity index (χ2v) is 31.0. The molecule has 10 N–H and O–H groups in total. The second-order valence-electron chi connectivity index (χ2n) is 28.1. The van der Waals surface area contributed by atoms with Gasteiger partial charge in [0.15, 0.2) is 0 Å². The van der Waals surface area contributed by atoms with Crippen LogP contribution in [-0.4, -0.2) is 164 Å². The number of benzene rings is 3. The van der Waals surface area contributed by atoms with Crippen molar-refractivity contribution in [2.75, 3.05) is 52.3 Å². The van der Waals surface area contributed by atoms with Gasteiger partial charge in [-0.05, 0) is 167 Å². The lowest BCUT2D eigenvalue weighted by Gasteiger charge is -2.29. The van der Waals surface area contributed by atoms with E-state index in [-0.39, 0.29) is 36.1 Å². The van der Waals surface area contributed by atoms with E-state index >= 15 is 0 Å². The zero-order chi connectivity index (χ0) is 70.5. The summed E-state index contributed by atoms with van der Waals surface area (Å²) in [5, 5.41) is 72.6. The second kappa shape index (κ2) is 25.2. The van der Waals surface area contributed by atoms with Gasteiger partial charge in [0, 0.05) is 123 Å². The molecule has 518 valence electrons. The lowest BCUT2D eigenvalue weighted by molar-refractivity contribution is -0.119. The molecule has 6 fully saturated rings. The first-order valence-corrected chi connectivity index (χ1v) is 35.9. The van der Waals surface area contributed by atoms with Crippen molar-refractivity contribution >= 4 is 166 Å². The average Bonchev–Trinajstić information content (AvgIpc) is 1.60. The van der Waals surface area contributed by atoms with Crippen LogP contribution in [0.25, 0.3) is 65.8 Å². The monoisotopic (exact) mass is 1570 g/mol. The van der Waals surface area contributed by atoms with Gasteiger partial charge in [-0.3, -0.25) is 9.59 Å². The molecule has 0 bridgehead atoms. The van der Waals surface area contributed by atoms with E-state index in [2.05, 4.69) is 104 Å². The molecule has 3 saturated heterocycles. The quantitative estimate of drug-likeness (QED) is 0.0718.